The molecule has 2 aliphatic heterocycles. The molecule has 0 saturated carbocycles. The lowest BCUT2D eigenvalue weighted by atomic mass is 10.1. The van der Waals surface area contributed by atoms with Gasteiger partial charge in [-0.05, 0) is 114 Å². The number of hydrogen-bond acceptors (Lipinski definition) is 4. The second-order valence-corrected chi connectivity index (χ2v) is 13.9. The summed E-state index contributed by atoms with van der Waals surface area (Å²) < 4.78 is 0. The van der Waals surface area contributed by atoms with Gasteiger partial charge >= 0.3 is 0 Å². The second-order valence-electron chi connectivity index (χ2n) is 11.8. The van der Waals surface area contributed by atoms with E-state index in [1.165, 1.54) is 118 Å². The Balaban J connectivity index is 0.000000230. The molecule has 4 aromatic carbocycles. The van der Waals surface area contributed by atoms with Crippen LogP contribution in [0.15, 0.2) is 105 Å². The van der Waals surface area contributed by atoms with Gasteiger partial charge in [0.15, 0.2) is 0 Å². The van der Waals surface area contributed by atoms with E-state index in [0.717, 1.165) is 0 Å². The lowest BCUT2D eigenvalue weighted by molar-refractivity contribution is 0.575. The van der Waals surface area contributed by atoms with Crippen molar-refractivity contribution in [2.24, 2.45) is 0 Å². The lowest BCUT2D eigenvalue weighted by Crippen LogP contribution is -2.29. The summed E-state index contributed by atoms with van der Waals surface area (Å²) in [4.78, 5) is 10.6. The molecule has 0 aromatic heterocycles. The van der Waals surface area contributed by atoms with E-state index in [1.807, 2.05) is 23.5 Å². The van der Waals surface area contributed by atoms with Gasteiger partial charge in [-0.3, -0.25) is 0 Å². The SMILES string of the molecule is Br.C.Cc1ccc(Sc2ccccc2N2CCCCC2)c(C)c1.Cc1ccc(Sc2ccccc2N2CCCCC2)c(C)c1. The Morgan fingerprint density at radius 3 is 1.18 bits per heavy atom. The maximum absolute atomic E-state index is 2.55. The summed E-state index contributed by atoms with van der Waals surface area (Å²) in [6.07, 6.45) is 8.04. The summed E-state index contributed by atoms with van der Waals surface area (Å²) in [5.41, 5.74) is 8.22. The molecule has 2 heterocycles. The third-order valence-corrected chi connectivity index (χ3v) is 10.7. The molecule has 44 heavy (non-hydrogen) atoms. The number of nitrogens with zero attached hydrogens (tertiary/aromatic N) is 2. The standard InChI is InChI=1S/2C19H23NS.CH4.BrH/c2*1-15-10-11-18(16(2)14-15)21-19-9-5-4-8-17(19)20-12-6-3-7-13-20;;/h2*4-5,8-11,14H,3,6-7,12-13H2,1-2H3;1H4;1H. The molecule has 0 bridgehead atoms. The molecule has 0 aliphatic carbocycles. The van der Waals surface area contributed by atoms with Gasteiger partial charge in [0.05, 0.1) is 11.4 Å². The summed E-state index contributed by atoms with van der Waals surface area (Å²) in [5.74, 6) is 0. The molecular formula is C39H51BrN2S2. The fraction of sp³-hybridized carbons (Fsp3) is 0.385. The van der Waals surface area contributed by atoms with E-state index in [4.69, 9.17) is 0 Å². The van der Waals surface area contributed by atoms with Crippen LogP contribution < -0.4 is 9.80 Å². The van der Waals surface area contributed by atoms with Crippen LogP contribution in [0, 0.1) is 27.7 Å². The molecule has 4 aromatic rings. The number of para-hydroxylation sites is 2. The van der Waals surface area contributed by atoms with E-state index < -0.39 is 0 Å². The molecule has 0 radical (unpaired) electrons. The highest BCUT2D eigenvalue weighted by Gasteiger charge is 2.16. The first-order valence-corrected chi connectivity index (χ1v) is 17.3. The zero-order valence-corrected chi connectivity index (χ0v) is 29.6. The molecular weight excluding hydrogens is 640 g/mol. The number of hydrogen-bond donors (Lipinski definition) is 0. The highest BCUT2D eigenvalue weighted by molar-refractivity contribution is 8.93. The van der Waals surface area contributed by atoms with Gasteiger partial charge in [-0.25, -0.2) is 0 Å². The van der Waals surface area contributed by atoms with Crippen LogP contribution in [-0.2, 0) is 0 Å². The van der Waals surface area contributed by atoms with Crippen LogP contribution in [0.2, 0.25) is 0 Å². The fourth-order valence-electron chi connectivity index (χ4n) is 5.94. The molecule has 6 rings (SSSR count). The van der Waals surface area contributed by atoms with Gasteiger partial charge in [-0.15, -0.1) is 17.0 Å². The highest BCUT2D eigenvalue weighted by Crippen LogP contribution is 2.39. The first kappa shape index (κ1) is 36.1. The third-order valence-electron chi connectivity index (χ3n) is 8.22. The first-order chi connectivity index (χ1) is 20.5. The molecule has 2 fully saturated rings. The van der Waals surface area contributed by atoms with E-state index in [1.54, 1.807) is 0 Å². The predicted octanol–water partition coefficient (Wildman–Crippen LogP) is 12.1. The summed E-state index contributed by atoms with van der Waals surface area (Å²) in [7, 11) is 0. The minimum atomic E-state index is 0. The zero-order valence-electron chi connectivity index (χ0n) is 26.3. The predicted molar refractivity (Wildman–Crippen MR) is 202 cm³/mol. The lowest BCUT2D eigenvalue weighted by Gasteiger charge is -2.30. The van der Waals surface area contributed by atoms with Gasteiger partial charge in [-0.2, -0.15) is 0 Å². The molecule has 2 nitrogen and oxygen atoms in total. The van der Waals surface area contributed by atoms with Crippen molar-refractivity contribution in [3.05, 3.63) is 107 Å². The van der Waals surface area contributed by atoms with Crippen LogP contribution in [0.5, 0.6) is 0 Å². The van der Waals surface area contributed by atoms with Gasteiger partial charge in [0, 0.05) is 45.8 Å². The Bertz CT molecular complexity index is 1350. The molecule has 5 heteroatoms. The topological polar surface area (TPSA) is 6.48 Å². The van der Waals surface area contributed by atoms with Gasteiger partial charge in [0.2, 0.25) is 0 Å². The highest BCUT2D eigenvalue weighted by atomic mass is 79.9. The van der Waals surface area contributed by atoms with E-state index in [-0.39, 0.29) is 24.4 Å². The van der Waals surface area contributed by atoms with Crippen molar-refractivity contribution in [1.29, 1.82) is 0 Å². The van der Waals surface area contributed by atoms with Crippen molar-refractivity contribution in [3.8, 4) is 0 Å². The number of benzene rings is 4. The summed E-state index contributed by atoms with van der Waals surface area (Å²) in [6, 6.07) is 31.2. The van der Waals surface area contributed by atoms with Crippen LogP contribution >= 0.6 is 40.5 Å². The van der Waals surface area contributed by atoms with Crippen molar-refractivity contribution in [3.63, 3.8) is 0 Å². The Morgan fingerprint density at radius 1 is 0.455 bits per heavy atom. The van der Waals surface area contributed by atoms with Crippen LogP contribution in [0.3, 0.4) is 0 Å². The van der Waals surface area contributed by atoms with E-state index in [9.17, 15) is 0 Å². The van der Waals surface area contributed by atoms with Crippen molar-refractivity contribution in [2.75, 3.05) is 36.0 Å². The Morgan fingerprint density at radius 2 is 0.818 bits per heavy atom. The first-order valence-electron chi connectivity index (χ1n) is 15.7. The minimum absolute atomic E-state index is 0. The summed E-state index contributed by atoms with van der Waals surface area (Å²) >= 11 is 3.80. The third kappa shape index (κ3) is 9.83. The van der Waals surface area contributed by atoms with Gasteiger partial charge in [0.25, 0.3) is 0 Å². The van der Waals surface area contributed by atoms with Gasteiger partial charge in [-0.1, -0.05) is 90.6 Å². The number of rotatable bonds is 6. The van der Waals surface area contributed by atoms with Crippen LogP contribution in [0.4, 0.5) is 11.4 Å². The summed E-state index contributed by atoms with van der Waals surface area (Å²) in [5, 5.41) is 0. The van der Waals surface area contributed by atoms with Crippen molar-refractivity contribution in [2.45, 2.75) is 93.2 Å². The number of piperidine rings is 2. The Hall–Kier alpha value is -2.34. The van der Waals surface area contributed by atoms with E-state index in [2.05, 4.69) is 122 Å². The average molecular weight is 692 g/mol. The zero-order chi connectivity index (χ0) is 29.3. The fourth-order valence-corrected chi connectivity index (χ4v) is 8.03. The van der Waals surface area contributed by atoms with E-state index >= 15 is 0 Å². The molecule has 0 unspecified atom stereocenters. The normalized spacial score (nSPS) is 14.5. The maximum atomic E-state index is 2.55. The quantitative estimate of drug-likeness (QED) is 0.198. The number of halogens is 1. The average Bonchev–Trinajstić information content (AvgIpc) is 3.02. The van der Waals surface area contributed by atoms with E-state index in [0.29, 0.717) is 0 Å². The molecule has 0 N–H and O–H groups in total. The molecule has 2 aliphatic rings. The maximum Gasteiger partial charge on any atom is 0.0508 e. The number of anilines is 2. The largest absolute Gasteiger partial charge is 0.371 e. The Labute approximate surface area is 286 Å². The Kier molecular flexibility index (Phi) is 14.8. The van der Waals surface area contributed by atoms with Crippen LogP contribution in [0.25, 0.3) is 0 Å². The monoisotopic (exact) mass is 690 g/mol. The second kappa shape index (κ2) is 18.0. The minimum Gasteiger partial charge on any atom is -0.371 e. The van der Waals surface area contributed by atoms with Gasteiger partial charge in [0.1, 0.15) is 0 Å². The van der Waals surface area contributed by atoms with Crippen molar-refractivity contribution < 1.29 is 0 Å². The van der Waals surface area contributed by atoms with Crippen molar-refractivity contribution in [1.82, 2.24) is 0 Å². The molecule has 0 spiro atoms. The van der Waals surface area contributed by atoms with Crippen LogP contribution in [-0.4, -0.2) is 26.2 Å². The molecule has 236 valence electrons. The molecule has 0 atom stereocenters. The number of aryl methyl sites for hydroxylation is 4. The summed E-state index contributed by atoms with van der Waals surface area (Å²) in [6.45, 7) is 13.5. The molecule has 2 saturated heterocycles. The molecule has 0 amide bonds. The van der Waals surface area contributed by atoms with Gasteiger partial charge < -0.3 is 9.80 Å². The smallest absolute Gasteiger partial charge is 0.0508 e. The van der Waals surface area contributed by atoms with Crippen LogP contribution in [0.1, 0.15) is 68.2 Å². The van der Waals surface area contributed by atoms with Crippen molar-refractivity contribution >= 4 is 51.9 Å².